The summed E-state index contributed by atoms with van der Waals surface area (Å²) in [7, 11) is 0. The number of hydrogen-bond acceptors (Lipinski definition) is 4. The maximum absolute atomic E-state index is 5.86. The van der Waals surface area contributed by atoms with Crippen molar-refractivity contribution in [2.75, 3.05) is 19.8 Å². The van der Waals surface area contributed by atoms with Gasteiger partial charge >= 0.3 is 0 Å². The second kappa shape index (κ2) is 5.78. The van der Waals surface area contributed by atoms with Crippen LogP contribution in [0.4, 0.5) is 0 Å². The van der Waals surface area contributed by atoms with E-state index in [1.54, 1.807) is 6.20 Å². The highest BCUT2D eigenvalue weighted by Gasteiger charge is 2.38. The molecular weight excluding hydrogens is 228 g/mol. The third-order valence-electron chi connectivity index (χ3n) is 3.85. The molecule has 1 N–H and O–H groups in total. The van der Waals surface area contributed by atoms with Crippen molar-refractivity contribution in [3.63, 3.8) is 0 Å². The van der Waals surface area contributed by atoms with E-state index in [1.165, 1.54) is 12.8 Å². The summed E-state index contributed by atoms with van der Waals surface area (Å²) in [6.45, 7) is 3.26. The smallest absolute Gasteiger partial charge is 0.0778 e. The number of pyridine rings is 1. The van der Waals surface area contributed by atoms with Gasteiger partial charge in [-0.3, -0.25) is 4.98 Å². The molecular formula is C14H20N2O2. The molecule has 2 aliphatic rings. The fourth-order valence-electron chi connectivity index (χ4n) is 2.95. The molecule has 2 fully saturated rings. The summed E-state index contributed by atoms with van der Waals surface area (Å²) in [4.78, 5) is 4.09. The molecule has 98 valence electrons. The van der Waals surface area contributed by atoms with Gasteiger partial charge in [-0.15, -0.1) is 0 Å². The predicted octanol–water partition coefficient (Wildman–Crippen LogP) is 1.37. The Hall–Kier alpha value is -0.970. The average molecular weight is 248 g/mol. The van der Waals surface area contributed by atoms with Gasteiger partial charge in [0, 0.05) is 30.9 Å². The largest absolute Gasteiger partial charge is 0.376 e. The van der Waals surface area contributed by atoms with Crippen LogP contribution in [0.15, 0.2) is 24.5 Å². The number of fused-ring (bicyclic) bond motifs is 1. The van der Waals surface area contributed by atoms with Crippen molar-refractivity contribution in [1.82, 2.24) is 10.3 Å². The Balaban J connectivity index is 1.46. The molecule has 0 bridgehead atoms. The van der Waals surface area contributed by atoms with Crippen LogP contribution in [0.2, 0.25) is 0 Å². The first-order valence-corrected chi connectivity index (χ1v) is 6.75. The first-order chi connectivity index (χ1) is 8.93. The van der Waals surface area contributed by atoms with Gasteiger partial charge < -0.3 is 14.8 Å². The molecule has 18 heavy (non-hydrogen) atoms. The second-order valence-electron chi connectivity index (χ2n) is 5.11. The van der Waals surface area contributed by atoms with Crippen molar-refractivity contribution in [2.45, 2.75) is 31.6 Å². The summed E-state index contributed by atoms with van der Waals surface area (Å²) >= 11 is 0. The molecule has 3 atom stereocenters. The zero-order valence-corrected chi connectivity index (χ0v) is 10.5. The van der Waals surface area contributed by atoms with Crippen molar-refractivity contribution in [2.24, 2.45) is 5.92 Å². The molecule has 3 rings (SSSR count). The monoisotopic (exact) mass is 248 g/mol. The summed E-state index contributed by atoms with van der Waals surface area (Å²) in [6.07, 6.45) is 6.41. The van der Waals surface area contributed by atoms with Crippen LogP contribution >= 0.6 is 0 Å². The SMILES string of the molecule is c1cncc(COC[C@@H]2CC[C@H]3NCCO[C@@H]23)c1. The minimum Gasteiger partial charge on any atom is -0.376 e. The highest BCUT2D eigenvalue weighted by Crippen LogP contribution is 2.30. The summed E-state index contributed by atoms with van der Waals surface area (Å²) in [5.41, 5.74) is 1.13. The Morgan fingerprint density at radius 3 is 3.33 bits per heavy atom. The average Bonchev–Trinajstić information content (AvgIpc) is 2.84. The number of hydrogen-bond donors (Lipinski definition) is 1. The lowest BCUT2D eigenvalue weighted by Crippen LogP contribution is -2.47. The van der Waals surface area contributed by atoms with Crippen molar-refractivity contribution < 1.29 is 9.47 Å². The van der Waals surface area contributed by atoms with Gasteiger partial charge in [-0.25, -0.2) is 0 Å². The maximum Gasteiger partial charge on any atom is 0.0778 e. The maximum atomic E-state index is 5.86. The zero-order chi connectivity index (χ0) is 12.2. The van der Waals surface area contributed by atoms with Crippen LogP contribution in [-0.2, 0) is 16.1 Å². The number of rotatable bonds is 4. The summed E-state index contributed by atoms with van der Waals surface area (Å²) in [5, 5.41) is 3.53. The van der Waals surface area contributed by atoms with Crippen LogP contribution in [-0.4, -0.2) is 36.9 Å². The Kier molecular flexibility index (Phi) is 3.88. The first kappa shape index (κ1) is 12.1. The van der Waals surface area contributed by atoms with Crippen LogP contribution in [0.3, 0.4) is 0 Å². The molecule has 2 heterocycles. The number of nitrogens with zero attached hydrogens (tertiary/aromatic N) is 1. The standard InChI is InChI=1S/C14H20N2O2/c1-2-11(8-15-5-1)9-17-10-12-3-4-13-14(12)18-7-6-16-13/h1-2,5,8,12-14,16H,3-4,6-7,9-10H2/t12-,13+,14-/m0/s1. The lowest BCUT2D eigenvalue weighted by molar-refractivity contribution is -0.0399. The number of aromatic nitrogens is 1. The predicted molar refractivity (Wildman–Crippen MR) is 68.1 cm³/mol. The van der Waals surface area contributed by atoms with E-state index in [-0.39, 0.29) is 0 Å². The quantitative estimate of drug-likeness (QED) is 0.874. The lowest BCUT2D eigenvalue weighted by Gasteiger charge is -2.30. The van der Waals surface area contributed by atoms with Gasteiger partial charge in [0.2, 0.25) is 0 Å². The summed E-state index contributed by atoms with van der Waals surface area (Å²) in [5.74, 6) is 0.541. The number of nitrogens with one attached hydrogen (secondary N) is 1. The van der Waals surface area contributed by atoms with E-state index in [0.717, 1.165) is 25.3 Å². The normalized spacial score (nSPS) is 31.2. The molecule has 1 saturated carbocycles. The van der Waals surface area contributed by atoms with Crippen molar-refractivity contribution >= 4 is 0 Å². The molecule has 1 saturated heterocycles. The third-order valence-corrected chi connectivity index (χ3v) is 3.85. The van der Waals surface area contributed by atoms with Gasteiger partial charge in [-0.05, 0) is 24.5 Å². The minimum atomic E-state index is 0.354. The van der Waals surface area contributed by atoms with Crippen molar-refractivity contribution in [3.8, 4) is 0 Å². The lowest BCUT2D eigenvalue weighted by atomic mass is 10.1. The number of ether oxygens (including phenoxy) is 2. The van der Waals surface area contributed by atoms with Crippen molar-refractivity contribution in [3.05, 3.63) is 30.1 Å². The van der Waals surface area contributed by atoms with Gasteiger partial charge in [0.15, 0.2) is 0 Å². The topological polar surface area (TPSA) is 43.4 Å². The fourth-order valence-corrected chi connectivity index (χ4v) is 2.95. The molecule has 0 spiro atoms. The minimum absolute atomic E-state index is 0.354. The van der Waals surface area contributed by atoms with Gasteiger partial charge in [0.1, 0.15) is 0 Å². The molecule has 4 heteroatoms. The number of morpholine rings is 1. The molecule has 0 radical (unpaired) electrons. The zero-order valence-electron chi connectivity index (χ0n) is 10.5. The Morgan fingerprint density at radius 1 is 1.44 bits per heavy atom. The van der Waals surface area contributed by atoms with Crippen LogP contribution in [0.25, 0.3) is 0 Å². The van der Waals surface area contributed by atoms with Gasteiger partial charge in [0.25, 0.3) is 0 Å². The molecule has 0 unspecified atom stereocenters. The van der Waals surface area contributed by atoms with E-state index in [9.17, 15) is 0 Å². The van der Waals surface area contributed by atoms with Crippen LogP contribution in [0.5, 0.6) is 0 Å². The third kappa shape index (κ3) is 2.71. The molecule has 1 aromatic heterocycles. The van der Waals surface area contributed by atoms with E-state index in [4.69, 9.17) is 9.47 Å². The first-order valence-electron chi connectivity index (χ1n) is 6.75. The Labute approximate surface area is 108 Å². The van der Waals surface area contributed by atoms with E-state index >= 15 is 0 Å². The van der Waals surface area contributed by atoms with Crippen LogP contribution in [0.1, 0.15) is 18.4 Å². The van der Waals surface area contributed by atoms with E-state index in [1.807, 2.05) is 18.3 Å². The van der Waals surface area contributed by atoms with E-state index in [0.29, 0.717) is 24.7 Å². The Bertz CT molecular complexity index is 371. The molecule has 1 aliphatic heterocycles. The molecule has 4 nitrogen and oxygen atoms in total. The van der Waals surface area contributed by atoms with Crippen molar-refractivity contribution in [1.29, 1.82) is 0 Å². The molecule has 1 aromatic rings. The molecule has 0 amide bonds. The van der Waals surface area contributed by atoms with Crippen LogP contribution < -0.4 is 5.32 Å². The Morgan fingerprint density at radius 2 is 2.44 bits per heavy atom. The molecule has 1 aliphatic carbocycles. The molecule has 0 aromatic carbocycles. The van der Waals surface area contributed by atoms with Gasteiger partial charge in [0.05, 0.1) is 25.9 Å². The van der Waals surface area contributed by atoms with E-state index < -0.39 is 0 Å². The summed E-state index contributed by atoms with van der Waals surface area (Å²) < 4.78 is 11.7. The van der Waals surface area contributed by atoms with Gasteiger partial charge in [-0.1, -0.05) is 6.07 Å². The van der Waals surface area contributed by atoms with Gasteiger partial charge in [-0.2, -0.15) is 0 Å². The highest BCUT2D eigenvalue weighted by molar-refractivity contribution is 5.06. The second-order valence-corrected chi connectivity index (χ2v) is 5.11. The fraction of sp³-hybridized carbons (Fsp3) is 0.643. The van der Waals surface area contributed by atoms with E-state index in [2.05, 4.69) is 10.3 Å². The highest BCUT2D eigenvalue weighted by atomic mass is 16.5. The van der Waals surface area contributed by atoms with Crippen LogP contribution in [0, 0.1) is 5.92 Å². The summed E-state index contributed by atoms with van der Waals surface area (Å²) in [6, 6.07) is 4.53.